The average molecular weight is 389 g/mol. The number of aliphatic carboxylic acids is 2. The third-order valence-electron chi connectivity index (χ3n) is 3.25. The highest BCUT2D eigenvalue weighted by Gasteiger charge is 2.28. The zero-order valence-electron chi connectivity index (χ0n) is 14.7. The van der Waals surface area contributed by atoms with Crippen LogP contribution in [0.5, 0.6) is 0 Å². The first kappa shape index (κ1) is 23.8. The van der Waals surface area contributed by atoms with E-state index < -0.39 is 72.6 Å². The first-order valence-electron chi connectivity index (χ1n) is 7.74. The molecule has 13 heteroatoms. The normalized spacial score (nSPS) is 14.8. The first-order valence-corrected chi connectivity index (χ1v) is 7.74. The lowest BCUT2D eigenvalue weighted by Crippen LogP contribution is -2.56. The second-order valence-corrected chi connectivity index (χ2v) is 5.73. The standard InChI is InChI=1S/C14H23N5O8/c1-5(17-12(24)7(15)3-10(21)22)11(23)19-8(4-9(16)20)13(25)18-6(2)14(26)27/h5-8H,3-4,15H2,1-2H3,(H2,16,20)(H,17,24)(H,18,25)(H,19,23)(H,21,22)(H,26,27). The van der Waals surface area contributed by atoms with Gasteiger partial charge in [-0.2, -0.15) is 0 Å². The van der Waals surface area contributed by atoms with Crippen molar-refractivity contribution in [1.82, 2.24) is 16.0 Å². The second kappa shape index (κ2) is 10.7. The summed E-state index contributed by atoms with van der Waals surface area (Å²) < 4.78 is 0. The van der Waals surface area contributed by atoms with E-state index in [1.807, 2.05) is 0 Å². The molecule has 152 valence electrons. The molecule has 0 aromatic heterocycles. The van der Waals surface area contributed by atoms with Gasteiger partial charge < -0.3 is 37.6 Å². The lowest BCUT2D eigenvalue weighted by atomic mass is 10.1. The topological polar surface area (TPSA) is 231 Å². The van der Waals surface area contributed by atoms with E-state index in [-0.39, 0.29) is 0 Å². The van der Waals surface area contributed by atoms with Gasteiger partial charge in [-0.3, -0.25) is 28.8 Å². The minimum absolute atomic E-state index is 0.608. The van der Waals surface area contributed by atoms with Gasteiger partial charge in [-0.05, 0) is 13.8 Å². The number of rotatable bonds is 11. The van der Waals surface area contributed by atoms with Gasteiger partial charge in [0.25, 0.3) is 0 Å². The molecule has 0 bridgehead atoms. The van der Waals surface area contributed by atoms with Crippen LogP contribution in [0.25, 0.3) is 0 Å². The van der Waals surface area contributed by atoms with E-state index in [2.05, 4.69) is 16.0 Å². The maximum absolute atomic E-state index is 12.1. The number of nitrogens with one attached hydrogen (secondary N) is 3. The van der Waals surface area contributed by atoms with E-state index in [0.29, 0.717) is 0 Å². The summed E-state index contributed by atoms with van der Waals surface area (Å²) in [5.74, 6) is -6.33. The van der Waals surface area contributed by atoms with Gasteiger partial charge in [0.2, 0.25) is 23.6 Å². The number of amides is 4. The number of carboxylic acids is 2. The number of carbonyl (C=O) groups excluding carboxylic acids is 4. The van der Waals surface area contributed by atoms with Crippen molar-refractivity contribution in [1.29, 1.82) is 0 Å². The number of nitrogens with two attached hydrogens (primary N) is 2. The number of hydrogen-bond donors (Lipinski definition) is 7. The van der Waals surface area contributed by atoms with Crippen LogP contribution in [-0.2, 0) is 28.8 Å². The molecule has 0 saturated heterocycles. The van der Waals surface area contributed by atoms with E-state index in [0.717, 1.165) is 0 Å². The van der Waals surface area contributed by atoms with Gasteiger partial charge in [0.05, 0.1) is 18.9 Å². The Kier molecular flexibility index (Phi) is 9.42. The van der Waals surface area contributed by atoms with Crippen LogP contribution in [0, 0.1) is 0 Å². The molecule has 0 fully saturated rings. The maximum Gasteiger partial charge on any atom is 0.325 e. The van der Waals surface area contributed by atoms with Crippen molar-refractivity contribution in [2.75, 3.05) is 0 Å². The molecular weight excluding hydrogens is 366 g/mol. The summed E-state index contributed by atoms with van der Waals surface area (Å²) in [5, 5.41) is 23.8. The molecule has 0 spiro atoms. The predicted octanol–water partition coefficient (Wildman–Crippen LogP) is -3.76. The van der Waals surface area contributed by atoms with E-state index in [9.17, 15) is 28.8 Å². The van der Waals surface area contributed by atoms with Crippen LogP contribution in [0.15, 0.2) is 0 Å². The van der Waals surface area contributed by atoms with Gasteiger partial charge in [-0.1, -0.05) is 0 Å². The summed E-state index contributed by atoms with van der Waals surface area (Å²) in [5.41, 5.74) is 10.4. The molecule has 0 radical (unpaired) electrons. The van der Waals surface area contributed by atoms with E-state index >= 15 is 0 Å². The quantitative estimate of drug-likeness (QED) is 0.183. The molecular formula is C14H23N5O8. The van der Waals surface area contributed by atoms with Crippen molar-refractivity contribution in [3.8, 4) is 0 Å². The van der Waals surface area contributed by atoms with Crippen LogP contribution < -0.4 is 27.4 Å². The molecule has 13 nitrogen and oxygen atoms in total. The van der Waals surface area contributed by atoms with Crippen LogP contribution in [-0.4, -0.2) is 69.9 Å². The largest absolute Gasteiger partial charge is 0.481 e. The van der Waals surface area contributed by atoms with Crippen molar-refractivity contribution in [2.24, 2.45) is 11.5 Å². The highest BCUT2D eigenvalue weighted by molar-refractivity contribution is 5.96. The maximum atomic E-state index is 12.1. The molecule has 0 aromatic rings. The van der Waals surface area contributed by atoms with Gasteiger partial charge in [-0.15, -0.1) is 0 Å². The molecule has 27 heavy (non-hydrogen) atoms. The molecule has 0 aliphatic carbocycles. The Balaban J connectivity index is 4.94. The predicted molar refractivity (Wildman–Crippen MR) is 88.8 cm³/mol. The van der Waals surface area contributed by atoms with Crippen molar-refractivity contribution < 1.29 is 39.0 Å². The Hall–Kier alpha value is -3.22. The number of carboxylic acid groups (broad SMARTS) is 2. The first-order chi connectivity index (χ1) is 12.3. The summed E-state index contributed by atoms with van der Waals surface area (Å²) in [4.78, 5) is 68.2. The van der Waals surface area contributed by atoms with Gasteiger partial charge >= 0.3 is 11.9 Å². The summed E-state index contributed by atoms with van der Waals surface area (Å²) in [7, 11) is 0. The molecule has 0 heterocycles. The fraction of sp³-hybridized carbons (Fsp3) is 0.571. The second-order valence-electron chi connectivity index (χ2n) is 5.73. The third-order valence-corrected chi connectivity index (χ3v) is 3.25. The minimum atomic E-state index is -1.47. The summed E-state index contributed by atoms with van der Waals surface area (Å²) >= 11 is 0. The fourth-order valence-electron chi connectivity index (χ4n) is 1.75. The molecule has 0 aliphatic rings. The Morgan fingerprint density at radius 2 is 1.33 bits per heavy atom. The van der Waals surface area contributed by atoms with Crippen molar-refractivity contribution >= 4 is 35.6 Å². The van der Waals surface area contributed by atoms with Crippen LogP contribution in [0.3, 0.4) is 0 Å². The van der Waals surface area contributed by atoms with Gasteiger partial charge in [0.15, 0.2) is 0 Å². The molecule has 4 amide bonds. The Morgan fingerprint density at radius 1 is 0.815 bits per heavy atom. The summed E-state index contributed by atoms with van der Waals surface area (Å²) in [6, 6.07) is -5.36. The van der Waals surface area contributed by atoms with Crippen LogP contribution in [0.2, 0.25) is 0 Å². The van der Waals surface area contributed by atoms with Crippen molar-refractivity contribution in [3.05, 3.63) is 0 Å². The lowest BCUT2D eigenvalue weighted by Gasteiger charge is -2.22. The third kappa shape index (κ3) is 9.15. The molecule has 9 N–H and O–H groups in total. The van der Waals surface area contributed by atoms with E-state index in [1.165, 1.54) is 13.8 Å². The summed E-state index contributed by atoms with van der Waals surface area (Å²) in [6.07, 6.45) is -1.26. The number of hydrogen-bond acceptors (Lipinski definition) is 7. The molecule has 4 atom stereocenters. The average Bonchev–Trinajstić information content (AvgIpc) is 2.52. The van der Waals surface area contributed by atoms with Gasteiger partial charge in [0, 0.05) is 0 Å². The smallest absolute Gasteiger partial charge is 0.325 e. The van der Waals surface area contributed by atoms with Crippen LogP contribution in [0.4, 0.5) is 0 Å². The van der Waals surface area contributed by atoms with Crippen molar-refractivity contribution in [2.45, 2.75) is 50.9 Å². The zero-order chi connectivity index (χ0) is 21.3. The van der Waals surface area contributed by atoms with E-state index in [1.54, 1.807) is 0 Å². The summed E-state index contributed by atoms with van der Waals surface area (Å²) in [6.45, 7) is 2.41. The highest BCUT2D eigenvalue weighted by atomic mass is 16.4. The Morgan fingerprint density at radius 3 is 1.78 bits per heavy atom. The van der Waals surface area contributed by atoms with Gasteiger partial charge in [-0.25, -0.2) is 0 Å². The molecule has 0 saturated carbocycles. The molecule has 4 unspecified atom stereocenters. The molecule has 0 aromatic carbocycles. The highest BCUT2D eigenvalue weighted by Crippen LogP contribution is 1.97. The van der Waals surface area contributed by atoms with Crippen LogP contribution >= 0.6 is 0 Å². The SMILES string of the molecule is CC(NC(=O)C(CC(N)=O)NC(=O)C(C)NC(=O)C(N)CC(=O)O)C(=O)O. The Labute approximate surface area is 153 Å². The lowest BCUT2D eigenvalue weighted by molar-refractivity contribution is -0.142. The zero-order valence-corrected chi connectivity index (χ0v) is 14.7. The van der Waals surface area contributed by atoms with Gasteiger partial charge in [0.1, 0.15) is 18.1 Å². The molecule has 0 aliphatic heterocycles. The Bertz CT molecular complexity index is 623. The number of primary amides is 1. The monoisotopic (exact) mass is 389 g/mol. The minimum Gasteiger partial charge on any atom is -0.481 e. The number of carbonyl (C=O) groups is 6. The van der Waals surface area contributed by atoms with Crippen LogP contribution in [0.1, 0.15) is 26.7 Å². The van der Waals surface area contributed by atoms with E-state index in [4.69, 9.17) is 21.7 Å². The molecule has 0 rings (SSSR count). The van der Waals surface area contributed by atoms with Crippen molar-refractivity contribution in [3.63, 3.8) is 0 Å². The fourth-order valence-corrected chi connectivity index (χ4v) is 1.75.